The Morgan fingerprint density at radius 2 is 2.00 bits per heavy atom. The van der Waals surface area contributed by atoms with Gasteiger partial charge in [-0.1, -0.05) is 13.3 Å². The molecule has 2 heterocycles. The number of hydrogen-bond acceptors (Lipinski definition) is 1. The zero-order chi connectivity index (χ0) is 9.31. The van der Waals surface area contributed by atoms with Gasteiger partial charge in [0, 0.05) is 19.3 Å². The number of rotatable bonds is 2. The van der Waals surface area contributed by atoms with Crippen molar-refractivity contribution >= 4 is 0 Å². The Hall–Kier alpha value is -0.0800. The number of likely N-dealkylation sites (N-methyl/N-ethyl adjacent to an activating group) is 1. The summed E-state index contributed by atoms with van der Waals surface area (Å²) in [5.41, 5.74) is 0. The Labute approximate surface area is 82.1 Å². The van der Waals surface area contributed by atoms with E-state index in [0.717, 1.165) is 6.04 Å². The largest absolute Gasteiger partial charge is 0.308 e. The fourth-order valence-corrected chi connectivity index (χ4v) is 3.36. The molecule has 13 heavy (non-hydrogen) atoms. The monoisotopic (exact) mass is 183 g/mol. The van der Waals surface area contributed by atoms with Gasteiger partial charge >= 0.3 is 0 Å². The smallest absolute Gasteiger partial charge is 0.135 e. The molecule has 0 aromatic heterocycles. The predicted molar refractivity (Wildman–Crippen MR) is 55.4 cm³/mol. The van der Waals surface area contributed by atoms with Crippen molar-refractivity contribution in [2.45, 2.75) is 38.6 Å². The van der Waals surface area contributed by atoms with Crippen molar-refractivity contribution in [3.63, 3.8) is 0 Å². The Balaban J connectivity index is 2.06. The molecule has 0 aromatic rings. The second-order valence-electron chi connectivity index (χ2n) is 5.00. The molecule has 1 spiro atoms. The van der Waals surface area contributed by atoms with Crippen molar-refractivity contribution in [2.75, 3.05) is 33.4 Å². The summed E-state index contributed by atoms with van der Waals surface area (Å²) >= 11 is 0. The zero-order valence-corrected chi connectivity index (χ0v) is 9.13. The highest BCUT2D eigenvalue weighted by molar-refractivity contribution is 4.73. The van der Waals surface area contributed by atoms with Crippen LogP contribution >= 0.6 is 0 Å². The molecule has 0 saturated carbocycles. The van der Waals surface area contributed by atoms with Crippen LogP contribution in [0.4, 0.5) is 0 Å². The van der Waals surface area contributed by atoms with Crippen molar-refractivity contribution < 1.29 is 4.48 Å². The SMILES string of the molecule is CCCC1CN(C)C[N+]12CCCC2. The van der Waals surface area contributed by atoms with E-state index in [1.807, 2.05) is 0 Å². The minimum atomic E-state index is 0.956. The van der Waals surface area contributed by atoms with Gasteiger partial charge in [0.25, 0.3) is 0 Å². The lowest BCUT2D eigenvalue weighted by Gasteiger charge is -2.35. The Bertz CT molecular complexity index is 173. The van der Waals surface area contributed by atoms with E-state index in [2.05, 4.69) is 18.9 Å². The van der Waals surface area contributed by atoms with Crippen molar-refractivity contribution in [3.05, 3.63) is 0 Å². The summed E-state index contributed by atoms with van der Waals surface area (Å²) < 4.78 is 1.43. The lowest BCUT2D eigenvalue weighted by atomic mass is 10.1. The van der Waals surface area contributed by atoms with Gasteiger partial charge in [-0.05, 0) is 7.05 Å². The van der Waals surface area contributed by atoms with E-state index in [4.69, 9.17) is 0 Å². The maximum absolute atomic E-state index is 2.53. The second kappa shape index (κ2) is 3.58. The fraction of sp³-hybridized carbons (Fsp3) is 1.00. The first-order valence-corrected chi connectivity index (χ1v) is 5.81. The average molecular weight is 183 g/mol. The summed E-state index contributed by atoms with van der Waals surface area (Å²) in [6.45, 7) is 7.90. The van der Waals surface area contributed by atoms with Crippen LogP contribution in [-0.4, -0.2) is 48.8 Å². The molecule has 2 saturated heterocycles. The molecule has 2 heteroatoms. The third kappa shape index (κ3) is 1.62. The number of hydrogen-bond donors (Lipinski definition) is 0. The van der Waals surface area contributed by atoms with Crippen molar-refractivity contribution in [1.29, 1.82) is 0 Å². The third-order valence-corrected chi connectivity index (χ3v) is 3.90. The predicted octanol–water partition coefficient (Wildman–Crippen LogP) is 1.67. The first-order valence-electron chi connectivity index (χ1n) is 5.81. The van der Waals surface area contributed by atoms with E-state index in [0.29, 0.717) is 0 Å². The molecule has 0 aliphatic carbocycles. The zero-order valence-electron chi connectivity index (χ0n) is 9.13. The van der Waals surface area contributed by atoms with Gasteiger partial charge in [-0.2, -0.15) is 0 Å². The Morgan fingerprint density at radius 1 is 1.31 bits per heavy atom. The van der Waals surface area contributed by atoms with Crippen LogP contribution in [0.3, 0.4) is 0 Å². The average Bonchev–Trinajstić information content (AvgIpc) is 2.63. The topological polar surface area (TPSA) is 3.24 Å². The normalized spacial score (nSPS) is 33.2. The molecule has 0 N–H and O–H groups in total. The highest BCUT2D eigenvalue weighted by atomic mass is 15.5. The molecule has 2 rings (SSSR count). The standard InChI is InChI=1S/C11H23N2/c1-3-6-11-9-12(2)10-13(11)7-4-5-8-13/h11H,3-10H2,1-2H3/q+1. The Morgan fingerprint density at radius 3 is 2.62 bits per heavy atom. The highest BCUT2D eigenvalue weighted by Crippen LogP contribution is 2.31. The molecular formula is C11H23N2+. The van der Waals surface area contributed by atoms with Crippen molar-refractivity contribution in [3.8, 4) is 0 Å². The van der Waals surface area contributed by atoms with Crippen LogP contribution in [0.1, 0.15) is 32.6 Å². The molecule has 0 bridgehead atoms. The van der Waals surface area contributed by atoms with E-state index in [-0.39, 0.29) is 0 Å². The minimum absolute atomic E-state index is 0.956. The van der Waals surface area contributed by atoms with Crippen LogP contribution in [0.25, 0.3) is 0 Å². The first kappa shape index (κ1) is 9.47. The maximum atomic E-state index is 2.53. The second-order valence-corrected chi connectivity index (χ2v) is 5.00. The van der Waals surface area contributed by atoms with E-state index >= 15 is 0 Å². The summed E-state index contributed by atoms with van der Waals surface area (Å²) in [5, 5.41) is 0. The van der Waals surface area contributed by atoms with E-state index in [9.17, 15) is 0 Å². The summed E-state index contributed by atoms with van der Waals surface area (Å²) in [4.78, 5) is 2.53. The summed E-state index contributed by atoms with van der Waals surface area (Å²) in [5.74, 6) is 0. The van der Waals surface area contributed by atoms with Crippen LogP contribution in [0.2, 0.25) is 0 Å². The van der Waals surface area contributed by atoms with Gasteiger partial charge in [0.1, 0.15) is 12.7 Å². The van der Waals surface area contributed by atoms with Gasteiger partial charge in [0.15, 0.2) is 0 Å². The van der Waals surface area contributed by atoms with Crippen molar-refractivity contribution in [2.24, 2.45) is 0 Å². The molecule has 1 unspecified atom stereocenters. The Kier molecular flexibility index (Phi) is 2.61. The van der Waals surface area contributed by atoms with E-state index in [1.165, 1.54) is 56.5 Å². The number of nitrogens with zero attached hydrogens (tertiary/aromatic N) is 2. The maximum Gasteiger partial charge on any atom is 0.135 e. The van der Waals surface area contributed by atoms with Gasteiger partial charge in [-0.25, -0.2) is 0 Å². The molecule has 2 aliphatic rings. The highest BCUT2D eigenvalue weighted by Gasteiger charge is 2.45. The lowest BCUT2D eigenvalue weighted by molar-refractivity contribution is -0.931. The molecule has 0 radical (unpaired) electrons. The van der Waals surface area contributed by atoms with Gasteiger partial charge in [-0.3, -0.25) is 4.90 Å². The minimum Gasteiger partial charge on any atom is -0.308 e. The van der Waals surface area contributed by atoms with E-state index < -0.39 is 0 Å². The van der Waals surface area contributed by atoms with Crippen LogP contribution in [0.5, 0.6) is 0 Å². The molecule has 1 atom stereocenters. The molecule has 0 aromatic carbocycles. The van der Waals surface area contributed by atoms with Crippen LogP contribution in [0.15, 0.2) is 0 Å². The molecule has 2 aliphatic heterocycles. The summed E-state index contributed by atoms with van der Waals surface area (Å²) in [6.07, 6.45) is 5.73. The van der Waals surface area contributed by atoms with Crippen molar-refractivity contribution in [1.82, 2.24) is 4.90 Å². The van der Waals surface area contributed by atoms with Gasteiger partial charge in [0.2, 0.25) is 0 Å². The molecule has 2 nitrogen and oxygen atoms in total. The first-order chi connectivity index (χ1) is 6.27. The van der Waals surface area contributed by atoms with E-state index in [1.54, 1.807) is 0 Å². The molecule has 2 fully saturated rings. The van der Waals surface area contributed by atoms with Gasteiger partial charge < -0.3 is 4.48 Å². The van der Waals surface area contributed by atoms with Crippen LogP contribution < -0.4 is 0 Å². The molecule has 76 valence electrons. The number of quaternary nitrogens is 1. The van der Waals surface area contributed by atoms with Gasteiger partial charge in [0.05, 0.1) is 19.6 Å². The third-order valence-electron chi connectivity index (χ3n) is 3.90. The quantitative estimate of drug-likeness (QED) is 0.589. The molecular weight excluding hydrogens is 160 g/mol. The van der Waals surface area contributed by atoms with Gasteiger partial charge in [-0.15, -0.1) is 0 Å². The lowest BCUT2D eigenvalue weighted by Crippen LogP contribution is -2.50. The molecule has 0 amide bonds. The van der Waals surface area contributed by atoms with Crippen LogP contribution in [0, 0.1) is 0 Å². The summed E-state index contributed by atoms with van der Waals surface area (Å²) in [7, 11) is 2.29. The van der Waals surface area contributed by atoms with Crippen LogP contribution in [-0.2, 0) is 0 Å². The fourth-order valence-electron chi connectivity index (χ4n) is 3.36. The summed E-state index contributed by atoms with van der Waals surface area (Å²) in [6, 6.07) is 0.956.